The first-order valence-corrected chi connectivity index (χ1v) is 12.2. The second-order valence-electron chi connectivity index (χ2n) is 8.23. The zero-order valence-electron chi connectivity index (χ0n) is 19.0. The van der Waals surface area contributed by atoms with E-state index in [0.717, 1.165) is 16.7 Å². The van der Waals surface area contributed by atoms with E-state index in [4.69, 9.17) is 9.72 Å². The van der Waals surface area contributed by atoms with E-state index < -0.39 is 5.97 Å². The summed E-state index contributed by atoms with van der Waals surface area (Å²) in [6, 6.07) is 28.9. The van der Waals surface area contributed by atoms with Crippen LogP contribution in [0.2, 0.25) is 0 Å². The summed E-state index contributed by atoms with van der Waals surface area (Å²) in [7, 11) is 0. The third-order valence-electron chi connectivity index (χ3n) is 5.93. The molecule has 0 radical (unpaired) electrons. The Balaban J connectivity index is 1.32. The first-order valence-electron chi connectivity index (χ1n) is 11.3. The van der Waals surface area contributed by atoms with E-state index in [2.05, 4.69) is 17.1 Å². The van der Waals surface area contributed by atoms with Gasteiger partial charge in [0.25, 0.3) is 5.56 Å². The number of esters is 1. The highest BCUT2D eigenvalue weighted by atomic mass is 32.1. The average molecular weight is 490 g/mol. The predicted molar refractivity (Wildman–Crippen MR) is 141 cm³/mol. The Bertz CT molecular complexity index is 1770. The van der Waals surface area contributed by atoms with E-state index in [1.165, 1.54) is 21.8 Å². The van der Waals surface area contributed by atoms with E-state index in [1.54, 1.807) is 17.6 Å². The van der Waals surface area contributed by atoms with Crippen LogP contribution in [0.4, 0.5) is 0 Å². The first-order chi connectivity index (χ1) is 17.7. The van der Waals surface area contributed by atoms with Crippen LogP contribution >= 0.6 is 11.3 Å². The predicted octanol–water partition coefficient (Wildman–Crippen LogP) is 6.00. The number of hydrogen-bond acceptors (Lipinski definition) is 6. The van der Waals surface area contributed by atoms with Gasteiger partial charge in [0.15, 0.2) is 4.96 Å². The number of pyridine rings is 1. The van der Waals surface area contributed by atoms with Crippen molar-refractivity contribution < 1.29 is 9.53 Å². The summed E-state index contributed by atoms with van der Waals surface area (Å²) < 4.78 is 7.06. The lowest BCUT2D eigenvalue weighted by molar-refractivity contribution is 0.0470. The molecule has 0 saturated carbocycles. The lowest BCUT2D eigenvalue weighted by atomic mass is 10.0. The van der Waals surface area contributed by atoms with Gasteiger partial charge in [-0.1, -0.05) is 72.8 Å². The number of fused-ring (bicyclic) bond motifs is 2. The highest BCUT2D eigenvalue weighted by Gasteiger charge is 2.16. The summed E-state index contributed by atoms with van der Waals surface area (Å²) in [4.78, 5) is 35.2. The number of benzene rings is 3. The molecule has 174 valence electrons. The number of thiazole rings is 1. The summed E-state index contributed by atoms with van der Waals surface area (Å²) in [5.41, 5.74) is 5.12. The van der Waals surface area contributed by atoms with Gasteiger partial charge in [-0.2, -0.15) is 0 Å². The van der Waals surface area contributed by atoms with Crippen LogP contribution in [0.1, 0.15) is 16.1 Å². The maximum atomic E-state index is 13.2. The smallest absolute Gasteiger partial charge is 0.339 e. The molecule has 0 aliphatic heterocycles. The minimum Gasteiger partial charge on any atom is -0.456 e. The van der Waals surface area contributed by atoms with E-state index >= 15 is 0 Å². The van der Waals surface area contributed by atoms with Gasteiger partial charge < -0.3 is 4.74 Å². The van der Waals surface area contributed by atoms with Crippen molar-refractivity contribution in [2.45, 2.75) is 6.61 Å². The second-order valence-corrected chi connectivity index (χ2v) is 9.11. The van der Waals surface area contributed by atoms with Gasteiger partial charge in [-0.3, -0.25) is 9.20 Å². The van der Waals surface area contributed by atoms with Crippen molar-refractivity contribution in [1.29, 1.82) is 0 Å². The Morgan fingerprint density at radius 2 is 1.56 bits per heavy atom. The monoisotopic (exact) mass is 489 g/mol. The molecule has 6 rings (SSSR count). The standard InChI is InChI=1S/C29H19N3O3S/c33-27-16-22(30-29-32(27)14-15-36-29)18-35-28(34)24-17-26(31-25-9-5-4-8-23(24)25)21-12-10-20(11-13-21)19-6-2-1-3-7-19/h1-17H,18H2. The quantitative estimate of drug-likeness (QED) is 0.278. The molecule has 7 heteroatoms. The minimum atomic E-state index is -0.496. The molecule has 0 atom stereocenters. The van der Waals surface area contributed by atoms with E-state index in [9.17, 15) is 9.59 Å². The van der Waals surface area contributed by atoms with Gasteiger partial charge in [-0.05, 0) is 23.3 Å². The summed E-state index contributed by atoms with van der Waals surface area (Å²) in [6.07, 6.45) is 1.67. The normalized spacial score (nSPS) is 11.1. The molecule has 3 aromatic heterocycles. The molecule has 6 aromatic rings. The summed E-state index contributed by atoms with van der Waals surface area (Å²) in [5, 5.41) is 2.49. The molecule has 0 bridgehead atoms. The van der Waals surface area contributed by atoms with E-state index in [1.807, 2.05) is 66.7 Å². The van der Waals surface area contributed by atoms with Crippen molar-refractivity contribution in [2.75, 3.05) is 0 Å². The van der Waals surface area contributed by atoms with Crippen molar-refractivity contribution >= 4 is 33.2 Å². The van der Waals surface area contributed by atoms with Crippen LogP contribution in [0, 0.1) is 0 Å². The fourth-order valence-electron chi connectivity index (χ4n) is 4.14. The van der Waals surface area contributed by atoms with Gasteiger partial charge in [0.2, 0.25) is 0 Å². The molecule has 0 spiro atoms. The third-order valence-corrected chi connectivity index (χ3v) is 6.69. The molecule has 3 aromatic carbocycles. The van der Waals surface area contributed by atoms with Crippen LogP contribution in [0.5, 0.6) is 0 Å². The summed E-state index contributed by atoms with van der Waals surface area (Å²) >= 11 is 1.35. The molecule has 0 fully saturated rings. The Morgan fingerprint density at radius 3 is 2.39 bits per heavy atom. The maximum absolute atomic E-state index is 13.2. The molecule has 6 nitrogen and oxygen atoms in total. The van der Waals surface area contributed by atoms with Gasteiger partial charge in [0, 0.05) is 28.6 Å². The highest BCUT2D eigenvalue weighted by Crippen LogP contribution is 2.28. The van der Waals surface area contributed by atoms with Crippen molar-refractivity contribution in [3.05, 3.63) is 124 Å². The lowest BCUT2D eigenvalue weighted by Crippen LogP contribution is -2.15. The molecule has 0 N–H and O–H groups in total. The Morgan fingerprint density at radius 1 is 0.833 bits per heavy atom. The van der Waals surface area contributed by atoms with E-state index in [0.29, 0.717) is 32.8 Å². The molecular formula is C29H19N3O3S. The number of carbonyl (C=O) groups excluding carboxylic acids is 1. The van der Waals surface area contributed by atoms with E-state index in [-0.39, 0.29) is 12.2 Å². The third kappa shape index (κ3) is 4.16. The highest BCUT2D eigenvalue weighted by molar-refractivity contribution is 7.15. The van der Waals surface area contributed by atoms with Crippen LogP contribution in [-0.4, -0.2) is 20.3 Å². The molecule has 3 heterocycles. The number of carbonyl (C=O) groups is 1. The van der Waals surface area contributed by atoms with Gasteiger partial charge >= 0.3 is 5.97 Å². The van der Waals surface area contributed by atoms with Crippen molar-refractivity contribution in [1.82, 2.24) is 14.4 Å². The molecule has 36 heavy (non-hydrogen) atoms. The number of hydrogen-bond donors (Lipinski definition) is 0. The molecule has 0 aliphatic rings. The molecular weight excluding hydrogens is 470 g/mol. The lowest BCUT2D eigenvalue weighted by Gasteiger charge is -2.11. The van der Waals surface area contributed by atoms with Crippen LogP contribution in [0.25, 0.3) is 38.2 Å². The summed E-state index contributed by atoms with van der Waals surface area (Å²) in [5.74, 6) is -0.496. The minimum absolute atomic E-state index is 0.0970. The van der Waals surface area contributed by atoms with Crippen LogP contribution in [-0.2, 0) is 11.3 Å². The number of ether oxygens (including phenoxy) is 1. The molecule has 0 aliphatic carbocycles. The van der Waals surface area contributed by atoms with Crippen molar-refractivity contribution in [3.8, 4) is 22.4 Å². The van der Waals surface area contributed by atoms with Gasteiger partial charge in [-0.25, -0.2) is 14.8 Å². The first kappa shape index (κ1) is 21.9. The summed E-state index contributed by atoms with van der Waals surface area (Å²) in [6.45, 7) is -0.0970. The molecule has 0 amide bonds. The Hall–Kier alpha value is -4.62. The fraction of sp³-hybridized carbons (Fsp3) is 0.0345. The topological polar surface area (TPSA) is 73.6 Å². The van der Waals surface area contributed by atoms with Gasteiger partial charge in [-0.15, -0.1) is 11.3 Å². The average Bonchev–Trinajstić information content (AvgIpc) is 3.41. The number of nitrogens with zero attached hydrogens (tertiary/aromatic N) is 3. The number of rotatable bonds is 5. The number of para-hydroxylation sites is 1. The molecule has 0 unspecified atom stereocenters. The van der Waals surface area contributed by atoms with Crippen molar-refractivity contribution in [2.24, 2.45) is 0 Å². The van der Waals surface area contributed by atoms with Crippen LogP contribution in [0.15, 0.2) is 107 Å². The van der Waals surface area contributed by atoms with Crippen LogP contribution < -0.4 is 5.56 Å². The maximum Gasteiger partial charge on any atom is 0.339 e. The zero-order chi connectivity index (χ0) is 24.5. The zero-order valence-corrected chi connectivity index (χ0v) is 19.8. The van der Waals surface area contributed by atoms with Gasteiger partial charge in [0.05, 0.1) is 22.5 Å². The largest absolute Gasteiger partial charge is 0.456 e. The Labute approximate surface area is 210 Å². The second kappa shape index (κ2) is 9.20. The molecule has 0 saturated heterocycles. The van der Waals surface area contributed by atoms with Crippen LogP contribution in [0.3, 0.4) is 0 Å². The number of aromatic nitrogens is 3. The Kier molecular flexibility index (Phi) is 5.59. The van der Waals surface area contributed by atoms with Crippen molar-refractivity contribution in [3.63, 3.8) is 0 Å². The fourth-order valence-corrected chi connectivity index (χ4v) is 4.87. The SMILES string of the molecule is O=C(OCc1cc(=O)n2ccsc2n1)c1cc(-c2ccc(-c3ccccc3)cc2)nc2ccccc12. The van der Waals surface area contributed by atoms with Gasteiger partial charge in [0.1, 0.15) is 6.61 Å².